The molecule has 0 amide bonds. The molecule has 7 aromatic rings. The van der Waals surface area contributed by atoms with E-state index in [1.807, 2.05) is 25.0 Å². The average molecular weight is 492 g/mol. The zero-order chi connectivity index (χ0) is 25.6. The number of aryl methyl sites for hydroxylation is 2. The Kier molecular flexibility index (Phi) is 5.15. The highest BCUT2D eigenvalue weighted by Gasteiger charge is 2.10. The van der Waals surface area contributed by atoms with Gasteiger partial charge < -0.3 is 0 Å². The standard InChI is InChI=1S/C33H25N5/c1-22-3-9-28(10-4-22)37-20-35-30-16-24(7-13-32(30)37)26-15-27(19-34-18-26)25-8-14-33-31(17-25)36-21-38(33)29-11-5-23(2)6-12-29/h3-21H,1-2H3. The van der Waals surface area contributed by atoms with E-state index in [0.717, 1.165) is 55.7 Å². The summed E-state index contributed by atoms with van der Waals surface area (Å²) in [5, 5.41) is 0. The van der Waals surface area contributed by atoms with Crippen LogP contribution in [0.25, 0.3) is 55.7 Å². The third-order valence-electron chi connectivity index (χ3n) is 7.12. The number of aromatic nitrogens is 5. The largest absolute Gasteiger partial charge is 0.299 e. The van der Waals surface area contributed by atoms with Gasteiger partial charge in [-0.2, -0.15) is 0 Å². The minimum Gasteiger partial charge on any atom is -0.299 e. The SMILES string of the molecule is Cc1ccc(-n2cnc3cc(-c4cncc(-c5ccc6c(c5)ncn6-c5ccc(C)cc5)c4)ccc32)cc1. The molecule has 7 rings (SSSR count). The Balaban J connectivity index is 1.22. The molecule has 4 aromatic carbocycles. The molecule has 5 nitrogen and oxygen atoms in total. The van der Waals surface area contributed by atoms with Crippen molar-refractivity contribution >= 4 is 22.1 Å². The second-order valence-electron chi connectivity index (χ2n) is 9.77. The van der Waals surface area contributed by atoms with Gasteiger partial charge in [-0.15, -0.1) is 0 Å². The minimum absolute atomic E-state index is 0.955. The van der Waals surface area contributed by atoms with E-state index in [1.165, 1.54) is 11.1 Å². The van der Waals surface area contributed by atoms with Crippen molar-refractivity contribution in [3.05, 3.63) is 127 Å². The Bertz CT molecular complexity index is 1790. The topological polar surface area (TPSA) is 48.5 Å². The number of hydrogen-bond acceptors (Lipinski definition) is 3. The highest BCUT2D eigenvalue weighted by atomic mass is 15.1. The summed E-state index contributed by atoms with van der Waals surface area (Å²) in [6.07, 6.45) is 7.59. The number of pyridine rings is 1. The average Bonchev–Trinajstić information content (AvgIpc) is 3.58. The number of fused-ring (bicyclic) bond motifs is 2. The first-order chi connectivity index (χ1) is 18.6. The number of nitrogens with zero attached hydrogens (tertiary/aromatic N) is 5. The quantitative estimate of drug-likeness (QED) is 0.253. The lowest BCUT2D eigenvalue weighted by molar-refractivity contribution is 1.09. The predicted octanol–water partition coefficient (Wildman–Crippen LogP) is 7.71. The molecule has 0 bridgehead atoms. The van der Waals surface area contributed by atoms with Gasteiger partial charge in [0.1, 0.15) is 12.7 Å². The van der Waals surface area contributed by atoms with Crippen LogP contribution in [0, 0.1) is 13.8 Å². The number of rotatable bonds is 4. The van der Waals surface area contributed by atoms with E-state index in [4.69, 9.17) is 0 Å². The molecule has 0 saturated heterocycles. The zero-order valence-electron chi connectivity index (χ0n) is 21.2. The first-order valence-corrected chi connectivity index (χ1v) is 12.7. The molecule has 0 fully saturated rings. The molecule has 182 valence electrons. The molecule has 0 aliphatic heterocycles. The van der Waals surface area contributed by atoms with E-state index in [1.54, 1.807) is 0 Å². The van der Waals surface area contributed by atoms with E-state index in [0.29, 0.717) is 0 Å². The molecule has 0 aliphatic carbocycles. The maximum atomic E-state index is 4.68. The predicted molar refractivity (Wildman–Crippen MR) is 154 cm³/mol. The smallest absolute Gasteiger partial charge is 0.100 e. The molecule has 0 aliphatic rings. The van der Waals surface area contributed by atoms with Gasteiger partial charge in [-0.3, -0.25) is 14.1 Å². The van der Waals surface area contributed by atoms with Crippen molar-refractivity contribution in [1.29, 1.82) is 0 Å². The van der Waals surface area contributed by atoms with E-state index in [-0.39, 0.29) is 0 Å². The molecular formula is C33H25N5. The van der Waals surface area contributed by atoms with Gasteiger partial charge in [0, 0.05) is 34.9 Å². The second-order valence-corrected chi connectivity index (χ2v) is 9.77. The van der Waals surface area contributed by atoms with Gasteiger partial charge in [0.05, 0.1) is 22.1 Å². The van der Waals surface area contributed by atoms with Crippen molar-refractivity contribution < 1.29 is 0 Å². The monoisotopic (exact) mass is 491 g/mol. The van der Waals surface area contributed by atoms with E-state index in [9.17, 15) is 0 Å². The molecule has 0 saturated carbocycles. The van der Waals surface area contributed by atoms with Crippen molar-refractivity contribution in [3.8, 4) is 33.6 Å². The molecular weight excluding hydrogens is 466 g/mol. The van der Waals surface area contributed by atoms with Gasteiger partial charge >= 0.3 is 0 Å². The lowest BCUT2D eigenvalue weighted by Crippen LogP contribution is -1.92. The van der Waals surface area contributed by atoms with Crippen molar-refractivity contribution in [3.63, 3.8) is 0 Å². The summed E-state index contributed by atoms with van der Waals surface area (Å²) in [6, 6.07) is 32.0. The van der Waals surface area contributed by atoms with Crippen LogP contribution < -0.4 is 0 Å². The van der Waals surface area contributed by atoms with Gasteiger partial charge in [0.25, 0.3) is 0 Å². The molecule has 3 aromatic heterocycles. The number of imidazole rings is 2. The van der Waals surface area contributed by atoms with Gasteiger partial charge in [0.15, 0.2) is 0 Å². The lowest BCUT2D eigenvalue weighted by atomic mass is 10.0. The third-order valence-corrected chi connectivity index (χ3v) is 7.12. The van der Waals surface area contributed by atoms with Gasteiger partial charge in [0.2, 0.25) is 0 Å². The highest BCUT2D eigenvalue weighted by molar-refractivity contribution is 5.86. The Morgan fingerprint density at radius 2 is 0.921 bits per heavy atom. The van der Waals surface area contributed by atoms with E-state index in [2.05, 4.69) is 129 Å². The first kappa shape index (κ1) is 22.2. The summed E-state index contributed by atoms with van der Waals surface area (Å²) in [5.74, 6) is 0. The molecule has 0 N–H and O–H groups in total. The van der Waals surface area contributed by atoms with Crippen LogP contribution in [0.2, 0.25) is 0 Å². The van der Waals surface area contributed by atoms with Gasteiger partial charge in [-0.1, -0.05) is 47.5 Å². The van der Waals surface area contributed by atoms with E-state index < -0.39 is 0 Å². The fraction of sp³-hybridized carbons (Fsp3) is 0.0606. The Morgan fingerprint density at radius 1 is 0.474 bits per heavy atom. The van der Waals surface area contributed by atoms with Gasteiger partial charge in [-0.05, 0) is 79.6 Å². The molecule has 0 atom stereocenters. The summed E-state index contributed by atoms with van der Waals surface area (Å²) < 4.78 is 4.25. The summed E-state index contributed by atoms with van der Waals surface area (Å²) in [5.41, 5.74) is 13.1. The number of hydrogen-bond donors (Lipinski definition) is 0. The molecule has 0 unspecified atom stereocenters. The van der Waals surface area contributed by atoms with Crippen LogP contribution in [0.5, 0.6) is 0 Å². The normalized spacial score (nSPS) is 11.4. The highest BCUT2D eigenvalue weighted by Crippen LogP contribution is 2.30. The maximum absolute atomic E-state index is 4.68. The minimum atomic E-state index is 0.955. The number of benzene rings is 4. The molecule has 3 heterocycles. The van der Waals surface area contributed by atoms with Crippen molar-refractivity contribution in [2.75, 3.05) is 0 Å². The Labute approximate surface area is 220 Å². The van der Waals surface area contributed by atoms with E-state index >= 15 is 0 Å². The van der Waals surface area contributed by atoms with Crippen LogP contribution in [-0.4, -0.2) is 24.1 Å². The fourth-order valence-electron chi connectivity index (χ4n) is 4.96. The zero-order valence-corrected chi connectivity index (χ0v) is 21.2. The van der Waals surface area contributed by atoms with Gasteiger partial charge in [-0.25, -0.2) is 9.97 Å². The maximum Gasteiger partial charge on any atom is 0.100 e. The van der Waals surface area contributed by atoms with Crippen LogP contribution in [0.1, 0.15) is 11.1 Å². The third kappa shape index (κ3) is 3.85. The van der Waals surface area contributed by atoms with Crippen LogP contribution in [0.3, 0.4) is 0 Å². The lowest BCUT2D eigenvalue weighted by Gasteiger charge is -2.08. The van der Waals surface area contributed by atoms with Crippen LogP contribution >= 0.6 is 0 Å². The summed E-state index contributed by atoms with van der Waals surface area (Å²) in [7, 11) is 0. The summed E-state index contributed by atoms with van der Waals surface area (Å²) in [6.45, 7) is 4.20. The fourth-order valence-corrected chi connectivity index (χ4v) is 4.96. The molecule has 0 spiro atoms. The van der Waals surface area contributed by atoms with Crippen molar-refractivity contribution in [2.45, 2.75) is 13.8 Å². The Morgan fingerprint density at radius 3 is 1.37 bits per heavy atom. The van der Waals surface area contributed by atoms with Crippen LogP contribution in [0.4, 0.5) is 0 Å². The summed E-state index contributed by atoms with van der Waals surface area (Å²) in [4.78, 5) is 13.9. The van der Waals surface area contributed by atoms with Crippen LogP contribution in [0.15, 0.2) is 116 Å². The van der Waals surface area contributed by atoms with Crippen LogP contribution in [-0.2, 0) is 0 Å². The molecule has 0 radical (unpaired) electrons. The Hall–Kier alpha value is -5.03. The second kappa shape index (κ2) is 8.82. The molecule has 5 heteroatoms. The molecule has 38 heavy (non-hydrogen) atoms. The van der Waals surface area contributed by atoms with Crippen molar-refractivity contribution in [2.24, 2.45) is 0 Å². The van der Waals surface area contributed by atoms with Crippen molar-refractivity contribution in [1.82, 2.24) is 24.1 Å². The summed E-state index contributed by atoms with van der Waals surface area (Å²) >= 11 is 0. The first-order valence-electron chi connectivity index (χ1n) is 12.7.